The fourth-order valence-corrected chi connectivity index (χ4v) is 4.20. The molecule has 2 aromatic carbocycles. The lowest BCUT2D eigenvalue weighted by atomic mass is 9.93. The minimum Gasteiger partial charge on any atom is -0.395 e. The number of rotatable bonds is 8. The predicted octanol–water partition coefficient (Wildman–Crippen LogP) is 3.60. The van der Waals surface area contributed by atoms with Gasteiger partial charge in [-0.1, -0.05) is 37.1 Å². The molecule has 2 N–H and O–H groups in total. The molecule has 0 unspecified atom stereocenters. The number of aliphatic hydroxyl groups is 1. The van der Waals surface area contributed by atoms with Crippen molar-refractivity contribution in [2.45, 2.75) is 26.2 Å². The first-order valence-corrected chi connectivity index (χ1v) is 10.9. The number of nitrogens with one attached hydrogen (secondary N) is 1. The van der Waals surface area contributed by atoms with Gasteiger partial charge in [-0.05, 0) is 24.6 Å². The number of hydrazone groups is 1. The van der Waals surface area contributed by atoms with Crippen molar-refractivity contribution in [1.82, 2.24) is 14.5 Å². The van der Waals surface area contributed by atoms with Crippen molar-refractivity contribution in [2.24, 2.45) is 12.1 Å². The van der Waals surface area contributed by atoms with Gasteiger partial charge < -0.3 is 9.67 Å². The molecule has 1 aromatic heterocycles. The van der Waals surface area contributed by atoms with Crippen LogP contribution in [0.5, 0.6) is 0 Å². The molecule has 0 fully saturated rings. The Morgan fingerprint density at radius 2 is 1.94 bits per heavy atom. The second kappa shape index (κ2) is 9.10. The minimum atomic E-state index is -0.413. The van der Waals surface area contributed by atoms with Crippen molar-refractivity contribution in [3.8, 4) is 0 Å². The van der Waals surface area contributed by atoms with Gasteiger partial charge in [-0.2, -0.15) is 5.10 Å². The summed E-state index contributed by atoms with van der Waals surface area (Å²) >= 11 is 6.30. The Hall–Kier alpha value is -3.23. The van der Waals surface area contributed by atoms with Gasteiger partial charge in [0.15, 0.2) is 5.15 Å². The number of halogens is 1. The van der Waals surface area contributed by atoms with E-state index in [4.69, 9.17) is 11.6 Å². The lowest BCUT2D eigenvalue weighted by Crippen LogP contribution is -2.41. The van der Waals surface area contributed by atoms with Crippen molar-refractivity contribution >= 4 is 46.1 Å². The Labute approximate surface area is 190 Å². The zero-order chi connectivity index (χ0) is 22.8. The van der Waals surface area contributed by atoms with Crippen LogP contribution in [-0.4, -0.2) is 50.7 Å². The van der Waals surface area contributed by atoms with Crippen LogP contribution in [0.1, 0.15) is 52.0 Å². The minimum absolute atomic E-state index is 0.0382. The molecule has 0 radical (unpaired) electrons. The molecule has 2 heterocycles. The summed E-state index contributed by atoms with van der Waals surface area (Å²) in [5, 5.41) is 15.2. The predicted molar refractivity (Wildman–Crippen MR) is 124 cm³/mol. The maximum Gasteiger partial charge on any atom is 0.261 e. The lowest BCUT2D eigenvalue weighted by molar-refractivity contribution is 0.0580. The summed E-state index contributed by atoms with van der Waals surface area (Å²) in [5.41, 5.74) is 5.20. The van der Waals surface area contributed by atoms with Crippen LogP contribution in [0.25, 0.3) is 10.8 Å². The number of β-amino-alcohol motifs (C(OH)–C–C–N with tert-alkyl or cyclic N) is 1. The Morgan fingerprint density at radius 1 is 1.19 bits per heavy atom. The third-order valence-electron chi connectivity index (χ3n) is 5.63. The maximum atomic E-state index is 12.8. The first-order valence-electron chi connectivity index (χ1n) is 10.5. The molecule has 9 heteroatoms. The fraction of sp³-hybridized carbons (Fsp3) is 0.304. The van der Waals surface area contributed by atoms with Crippen LogP contribution in [0, 0.1) is 0 Å². The van der Waals surface area contributed by atoms with E-state index in [9.17, 15) is 14.7 Å². The smallest absolute Gasteiger partial charge is 0.261 e. The van der Waals surface area contributed by atoms with Crippen LogP contribution >= 0.6 is 11.6 Å². The standard InChI is InChI=1S/C23H24ClN5O3/c1-3-4-8-19-26-21(24)18(28(19)2)13-25-27-17-10-9-16-20-14(17)6-5-7-15(20)22(31)29(11-12-30)23(16)32/h5-7,9-10,13,27,30H,3-4,8,11-12H2,1-2H3/b25-13+. The molecule has 0 saturated carbocycles. The fourth-order valence-electron chi connectivity index (χ4n) is 3.93. The monoisotopic (exact) mass is 453 g/mol. The number of hydrogen-bond donors (Lipinski definition) is 2. The van der Waals surface area contributed by atoms with Crippen molar-refractivity contribution < 1.29 is 14.7 Å². The van der Waals surface area contributed by atoms with E-state index in [0.29, 0.717) is 38.4 Å². The topological polar surface area (TPSA) is 99.8 Å². The molecule has 8 nitrogen and oxygen atoms in total. The van der Waals surface area contributed by atoms with Gasteiger partial charge in [0.2, 0.25) is 0 Å². The lowest BCUT2D eigenvalue weighted by Gasteiger charge is -2.27. The molecule has 1 aliphatic heterocycles. The van der Waals surface area contributed by atoms with Crippen LogP contribution in [0.3, 0.4) is 0 Å². The van der Waals surface area contributed by atoms with E-state index >= 15 is 0 Å². The summed E-state index contributed by atoms with van der Waals surface area (Å²) in [6.45, 7) is 1.81. The zero-order valence-corrected chi connectivity index (χ0v) is 18.7. The van der Waals surface area contributed by atoms with E-state index in [1.165, 1.54) is 0 Å². The molecule has 0 saturated heterocycles. The molecule has 0 bridgehead atoms. The quantitative estimate of drug-likeness (QED) is 0.308. The Bertz CT molecular complexity index is 1210. The van der Waals surface area contributed by atoms with Gasteiger partial charge in [-0.25, -0.2) is 4.98 Å². The number of aliphatic hydroxyl groups excluding tert-OH is 1. The number of nitrogens with zero attached hydrogens (tertiary/aromatic N) is 4. The third-order valence-corrected chi connectivity index (χ3v) is 5.91. The normalized spacial score (nSPS) is 13.6. The van der Waals surface area contributed by atoms with E-state index < -0.39 is 11.8 Å². The highest BCUT2D eigenvalue weighted by molar-refractivity contribution is 6.31. The highest BCUT2D eigenvalue weighted by Crippen LogP contribution is 2.34. The van der Waals surface area contributed by atoms with Crippen LogP contribution in [-0.2, 0) is 13.5 Å². The van der Waals surface area contributed by atoms with Gasteiger partial charge in [0.05, 0.1) is 25.1 Å². The molecule has 0 atom stereocenters. The summed E-state index contributed by atoms with van der Waals surface area (Å²) in [7, 11) is 1.91. The Kier molecular flexibility index (Phi) is 6.25. The van der Waals surface area contributed by atoms with E-state index in [-0.39, 0.29) is 13.2 Å². The SMILES string of the molecule is CCCCc1nc(Cl)c(/C=N/Nc2ccc3c4c(cccc24)C(=O)N(CCO)C3=O)n1C. The second-order valence-corrected chi connectivity index (χ2v) is 7.97. The number of aryl methyl sites for hydroxylation is 1. The molecule has 1 aliphatic rings. The zero-order valence-electron chi connectivity index (χ0n) is 17.9. The second-order valence-electron chi connectivity index (χ2n) is 7.61. The Balaban J connectivity index is 1.66. The summed E-state index contributed by atoms with van der Waals surface area (Å²) in [4.78, 5) is 31.1. The molecule has 3 aromatic rings. The van der Waals surface area contributed by atoms with E-state index in [2.05, 4.69) is 22.4 Å². The first-order chi connectivity index (χ1) is 15.5. The highest BCUT2D eigenvalue weighted by Gasteiger charge is 2.32. The third kappa shape index (κ3) is 3.76. The van der Waals surface area contributed by atoms with Gasteiger partial charge in [0.1, 0.15) is 11.5 Å². The molecular formula is C23H24ClN5O3. The number of aromatic nitrogens is 2. The number of unbranched alkanes of at least 4 members (excludes halogenated alkanes) is 1. The molecule has 4 rings (SSSR count). The molecular weight excluding hydrogens is 430 g/mol. The van der Waals surface area contributed by atoms with Gasteiger partial charge in [0, 0.05) is 35.4 Å². The summed E-state index contributed by atoms with van der Waals surface area (Å²) in [5.74, 6) is 0.0810. The number of amides is 2. The van der Waals surface area contributed by atoms with Crippen molar-refractivity contribution in [3.05, 3.63) is 58.1 Å². The molecule has 0 spiro atoms. The van der Waals surface area contributed by atoms with Crippen molar-refractivity contribution in [3.63, 3.8) is 0 Å². The van der Waals surface area contributed by atoms with Crippen LogP contribution < -0.4 is 5.43 Å². The summed E-state index contributed by atoms with van der Waals surface area (Å²) < 4.78 is 1.92. The average molecular weight is 454 g/mol. The number of hydrogen-bond acceptors (Lipinski definition) is 6. The Morgan fingerprint density at radius 3 is 2.66 bits per heavy atom. The molecule has 166 valence electrons. The van der Waals surface area contributed by atoms with E-state index in [1.807, 2.05) is 17.7 Å². The van der Waals surface area contributed by atoms with E-state index in [0.717, 1.165) is 30.0 Å². The van der Waals surface area contributed by atoms with Gasteiger partial charge in [0.25, 0.3) is 11.8 Å². The highest BCUT2D eigenvalue weighted by atomic mass is 35.5. The van der Waals surface area contributed by atoms with Gasteiger partial charge in [-0.15, -0.1) is 0 Å². The largest absolute Gasteiger partial charge is 0.395 e. The summed E-state index contributed by atoms with van der Waals surface area (Å²) in [6.07, 6.45) is 4.56. The van der Waals surface area contributed by atoms with Gasteiger partial charge >= 0.3 is 0 Å². The molecule has 0 aliphatic carbocycles. The van der Waals surface area contributed by atoms with Crippen molar-refractivity contribution in [1.29, 1.82) is 0 Å². The average Bonchev–Trinajstić information content (AvgIpc) is 3.06. The molecule has 2 amide bonds. The van der Waals surface area contributed by atoms with Crippen LogP contribution in [0.4, 0.5) is 5.69 Å². The van der Waals surface area contributed by atoms with Crippen LogP contribution in [0.2, 0.25) is 5.15 Å². The van der Waals surface area contributed by atoms with Gasteiger partial charge in [-0.3, -0.25) is 19.9 Å². The number of imide groups is 1. The number of carbonyl (C=O) groups excluding carboxylic acids is 2. The number of imidazole rings is 1. The van der Waals surface area contributed by atoms with Crippen LogP contribution in [0.15, 0.2) is 35.4 Å². The number of benzene rings is 2. The molecule has 32 heavy (non-hydrogen) atoms. The van der Waals surface area contributed by atoms with Crippen molar-refractivity contribution in [2.75, 3.05) is 18.6 Å². The summed E-state index contributed by atoms with van der Waals surface area (Å²) in [6, 6.07) is 8.71. The first kappa shape index (κ1) is 22.0. The number of carbonyl (C=O) groups is 2. The van der Waals surface area contributed by atoms with E-state index in [1.54, 1.807) is 30.5 Å². The number of anilines is 1. The maximum absolute atomic E-state index is 12.8.